The lowest BCUT2D eigenvalue weighted by Crippen LogP contribution is -3.00. The van der Waals surface area contributed by atoms with E-state index in [4.69, 9.17) is 0 Å². The van der Waals surface area contributed by atoms with E-state index in [2.05, 4.69) is 42.8 Å². The standard InChI is InChI=1S/C12H16NS.HI/c1-13(2)10-9-12(14-3)11-7-5-4-6-8-11;/h4-10H,1-3H3;1H/q+1;/p-1. The van der Waals surface area contributed by atoms with Gasteiger partial charge in [0.2, 0.25) is 0 Å². The van der Waals surface area contributed by atoms with Crippen LogP contribution in [0.15, 0.2) is 36.4 Å². The zero-order valence-electron chi connectivity index (χ0n) is 9.27. The summed E-state index contributed by atoms with van der Waals surface area (Å²) >= 11 is 1.77. The van der Waals surface area contributed by atoms with Gasteiger partial charge < -0.3 is 24.0 Å². The molecule has 0 radical (unpaired) electrons. The summed E-state index contributed by atoms with van der Waals surface area (Å²) in [6.07, 6.45) is 6.31. The van der Waals surface area contributed by atoms with Crippen molar-refractivity contribution in [2.45, 2.75) is 0 Å². The fourth-order valence-corrected chi connectivity index (χ4v) is 1.67. The number of allylic oxidation sites excluding steroid dienone is 1. The molecule has 1 aromatic carbocycles. The van der Waals surface area contributed by atoms with Crippen molar-refractivity contribution in [2.75, 3.05) is 20.4 Å². The van der Waals surface area contributed by atoms with Crippen molar-refractivity contribution >= 4 is 22.9 Å². The third-order valence-electron chi connectivity index (χ3n) is 1.80. The summed E-state index contributed by atoms with van der Waals surface area (Å²) in [6, 6.07) is 10.4. The Balaban J connectivity index is 0.00000196. The monoisotopic (exact) mass is 333 g/mol. The Morgan fingerprint density at radius 1 is 1.20 bits per heavy atom. The van der Waals surface area contributed by atoms with E-state index in [0.29, 0.717) is 0 Å². The average molecular weight is 333 g/mol. The Kier molecular flexibility index (Phi) is 7.78. The summed E-state index contributed by atoms with van der Waals surface area (Å²) in [5.41, 5.74) is 1.28. The highest BCUT2D eigenvalue weighted by molar-refractivity contribution is 8.07. The molecule has 15 heavy (non-hydrogen) atoms. The molecule has 0 saturated carbocycles. The van der Waals surface area contributed by atoms with Gasteiger partial charge in [0.1, 0.15) is 14.1 Å². The molecule has 0 aromatic heterocycles. The third kappa shape index (κ3) is 5.37. The Hall–Kier alpha value is -0.290. The first-order chi connectivity index (χ1) is 6.74. The molecule has 0 aliphatic heterocycles. The highest BCUT2D eigenvalue weighted by Gasteiger charge is 1.97. The number of nitrogens with zero attached hydrogens (tertiary/aromatic N) is 1. The van der Waals surface area contributed by atoms with E-state index in [0.717, 1.165) is 0 Å². The molecule has 0 amide bonds. The lowest BCUT2D eigenvalue weighted by molar-refractivity contribution is -0.458. The van der Waals surface area contributed by atoms with Gasteiger partial charge in [-0.3, -0.25) is 0 Å². The number of rotatable bonds is 3. The van der Waals surface area contributed by atoms with Crippen LogP contribution in [0.2, 0.25) is 0 Å². The van der Waals surface area contributed by atoms with Crippen LogP contribution in [0.4, 0.5) is 0 Å². The Morgan fingerprint density at radius 2 is 1.80 bits per heavy atom. The van der Waals surface area contributed by atoms with E-state index in [-0.39, 0.29) is 24.0 Å². The van der Waals surface area contributed by atoms with Crippen molar-refractivity contribution in [1.29, 1.82) is 0 Å². The number of hydrogen-bond donors (Lipinski definition) is 0. The lowest BCUT2D eigenvalue weighted by Gasteiger charge is -2.01. The highest BCUT2D eigenvalue weighted by atomic mass is 127. The minimum atomic E-state index is 0. The van der Waals surface area contributed by atoms with Gasteiger partial charge in [-0.05, 0) is 11.8 Å². The van der Waals surface area contributed by atoms with E-state index in [1.807, 2.05) is 24.7 Å². The van der Waals surface area contributed by atoms with Crippen LogP contribution in [0, 0.1) is 0 Å². The van der Waals surface area contributed by atoms with Crippen LogP contribution in [0.5, 0.6) is 0 Å². The van der Waals surface area contributed by atoms with Gasteiger partial charge in [-0.15, -0.1) is 11.8 Å². The molecule has 0 atom stereocenters. The first-order valence-corrected chi connectivity index (χ1v) is 5.77. The molecular formula is C12H16INS. The molecule has 0 aliphatic rings. The molecule has 1 rings (SSSR count). The van der Waals surface area contributed by atoms with Crippen molar-refractivity contribution < 1.29 is 28.6 Å². The fourth-order valence-electron chi connectivity index (χ4n) is 1.10. The predicted octanol–water partition coefficient (Wildman–Crippen LogP) is -0.263. The number of thioether (sulfide) groups is 1. The van der Waals surface area contributed by atoms with Gasteiger partial charge in [0.25, 0.3) is 0 Å². The molecule has 1 nitrogen and oxygen atoms in total. The third-order valence-corrected chi connectivity index (χ3v) is 2.61. The summed E-state index contributed by atoms with van der Waals surface area (Å²) in [5.74, 6) is 0. The van der Waals surface area contributed by atoms with Gasteiger partial charge in [0.15, 0.2) is 6.21 Å². The Bertz CT molecular complexity index is 340. The maximum Gasteiger partial charge on any atom is 0.164 e. The summed E-state index contributed by atoms with van der Waals surface area (Å²) in [7, 11) is 4.05. The molecule has 0 spiro atoms. The summed E-state index contributed by atoms with van der Waals surface area (Å²) in [4.78, 5) is 1.29. The molecular weight excluding hydrogens is 317 g/mol. The van der Waals surface area contributed by atoms with Crippen LogP contribution in [0.1, 0.15) is 5.56 Å². The predicted molar refractivity (Wildman–Crippen MR) is 66.1 cm³/mol. The smallest absolute Gasteiger partial charge is 0.164 e. The van der Waals surface area contributed by atoms with Gasteiger partial charge in [0, 0.05) is 11.0 Å². The molecule has 0 heterocycles. The van der Waals surface area contributed by atoms with E-state index in [1.54, 1.807) is 11.8 Å². The van der Waals surface area contributed by atoms with Crippen molar-refractivity contribution in [3.05, 3.63) is 42.0 Å². The second-order valence-corrected chi connectivity index (χ2v) is 4.06. The Morgan fingerprint density at radius 3 is 2.27 bits per heavy atom. The van der Waals surface area contributed by atoms with Crippen molar-refractivity contribution in [1.82, 2.24) is 0 Å². The van der Waals surface area contributed by atoms with E-state index >= 15 is 0 Å². The minimum Gasteiger partial charge on any atom is -1.00 e. The SMILES string of the molecule is CSC(=CC=[N+](C)C)c1ccccc1.[I-]. The summed E-state index contributed by atoms with van der Waals surface area (Å²) in [6.45, 7) is 0. The van der Waals surface area contributed by atoms with Gasteiger partial charge in [-0.2, -0.15) is 0 Å². The molecule has 0 N–H and O–H groups in total. The van der Waals surface area contributed by atoms with Crippen molar-refractivity contribution in [2.24, 2.45) is 0 Å². The zero-order chi connectivity index (χ0) is 10.4. The van der Waals surface area contributed by atoms with Gasteiger partial charge >= 0.3 is 0 Å². The molecule has 0 aliphatic carbocycles. The van der Waals surface area contributed by atoms with Crippen LogP contribution in [-0.2, 0) is 0 Å². The molecule has 0 bridgehead atoms. The number of hydrogen-bond acceptors (Lipinski definition) is 1. The maximum atomic E-state index is 2.14. The molecule has 0 unspecified atom stereocenters. The Labute approximate surface area is 113 Å². The van der Waals surface area contributed by atoms with Gasteiger partial charge in [0.05, 0.1) is 0 Å². The summed E-state index contributed by atoms with van der Waals surface area (Å²) < 4.78 is 2.04. The number of halogens is 1. The molecule has 82 valence electrons. The van der Waals surface area contributed by atoms with Crippen LogP contribution in [-0.4, -0.2) is 31.1 Å². The van der Waals surface area contributed by atoms with Crippen LogP contribution in [0.25, 0.3) is 4.91 Å². The first kappa shape index (κ1) is 14.7. The molecule has 0 saturated heterocycles. The second kappa shape index (κ2) is 7.93. The van der Waals surface area contributed by atoms with Gasteiger partial charge in [-0.25, -0.2) is 4.58 Å². The molecule has 1 aromatic rings. The first-order valence-electron chi connectivity index (χ1n) is 4.55. The van der Waals surface area contributed by atoms with Crippen LogP contribution >= 0.6 is 11.8 Å². The van der Waals surface area contributed by atoms with Crippen LogP contribution < -0.4 is 24.0 Å². The normalized spacial score (nSPS) is 10.5. The fraction of sp³-hybridized carbons (Fsp3) is 0.250. The van der Waals surface area contributed by atoms with Crippen molar-refractivity contribution in [3.8, 4) is 0 Å². The highest BCUT2D eigenvalue weighted by Crippen LogP contribution is 2.23. The van der Waals surface area contributed by atoms with E-state index in [9.17, 15) is 0 Å². The maximum absolute atomic E-state index is 2.14. The van der Waals surface area contributed by atoms with Crippen LogP contribution in [0.3, 0.4) is 0 Å². The second-order valence-electron chi connectivity index (χ2n) is 3.21. The molecule has 3 heteroatoms. The zero-order valence-corrected chi connectivity index (χ0v) is 12.2. The summed E-state index contributed by atoms with van der Waals surface area (Å²) in [5, 5.41) is 0. The van der Waals surface area contributed by atoms with E-state index < -0.39 is 0 Å². The van der Waals surface area contributed by atoms with E-state index in [1.165, 1.54) is 10.5 Å². The molecule has 0 fully saturated rings. The average Bonchev–Trinajstić information content (AvgIpc) is 2.20. The topological polar surface area (TPSA) is 3.01 Å². The minimum absolute atomic E-state index is 0. The van der Waals surface area contributed by atoms with Crippen molar-refractivity contribution in [3.63, 3.8) is 0 Å². The number of benzene rings is 1. The lowest BCUT2D eigenvalue weighted by atomic mass is 10.2. The quantitative estimate of drug-likeness (QED) is 0.418. The van der Waals surface area contributed by atoms with Gasteiger partial charge in [-0.1, -0.05) is 30.3 Å². The largest absolute Gasteiger partial charge is 1.00 e.